The molecule has 160 valence electrons. The first-order chi connectivity index (χ1) is 14.2. The van der Waals surface area contributed by atoms with E-state index in [1.165, 1.54) is 18.2 Å². The van der Waals surface area contributed by atoms with Gasteiger partial charge in [0.05, 0.1) is 17.6 Å². The number of carbonyl (C=O) groups is 2. The molecule has 0 radical (unpaired) electrons. The van der Waals surface area contributed by atoms with Crippen LogP contribution in [0, 0.1) is 5.92 Å². The Balaban J connectivity index is 1.67. The van der Waals surface area contributed by atoms with Crippen LogP contribution in [0.2, 0.25) is 0 Å². The summed E-state index contributed by atoms with van der Waals surface area (Å²) in [6, 6.07) is 11.8. The molecule has 1 aliphatic rings. The van der Waals surface area contributed by atoms with Crippen molar-refractivity contribution in [2.75, 3.05) is 25.1 Å². The van der Waals surface area contributed by atoms with Crippen LogP contribution in [0.3, 0.4) is 0 Å². The van der Waals surface area contributed by atoms with Gasteiger partial charge in [-0.3, -0.25) is 9.59 Å². The SMILES string of the molecule is COc1ccc(N2CC(CNC(=O)c3ccccc3S(=O)(=O)C(F)F)CC2=O)cc1. The molecule has 2 aromatic carbocycles. The number of carbonyl (C=O) groups excluding carboxylic acids is 2. The average Bonchev–Trinajstić information content (AvgIpc) is 3.12. The van der Waals surface area contributed by atoms with Gasteiger partial charge < -0.3 is 15.0 Å². The van der Waals surface area contributed by atoms with Crippen molar-refractivity contribution < 1.29 is 31.5 Å². The molecule has 0 bridgehead atoms. The number of amides is 2. The van der Waals surface area contributed by atoms with Crippen LogP contribution in [0.4, 0.5) is 14.5 Å². The number of nitrogens with one attached hydrogen (secondary N) is 1. The number of hydrogen-bond donors (Lipinski definition) is 1. The number of methoxy groups -OCH3 is 1. The molecule has 10 heteroatoms. The molecule has 0 aliphatic carbocycles. The van der Waals surface area contributed by atoms with Gasteiger partial charge in [-0.25, -0.2) is 8.42 Å². The van der Waals surface area contributed by atoms with E-state index in [4.69, 9.17) is 4.74 Å². The lowest BCUT2D eigenvalue weighted by Crippen LogP contribution is -2.32. The van der Waals surface area contributed by atoms with Gasteiger partial charge in [0.1, 0.15) is 5.75 Å². The molecule has 1 aliphatic heterocycles. The molecule has 1 atom stereocenters. The van der Waals surface area contributed by atoms with Gasteiger partial charge in [0.15, 0.2) is 0 Å². The zero-order chi connectivity index (χ0) is 21.9. The van der Waals surface area contributed by atoms with E-state index in [2.05, 4.69) is 5.32 Å². The predicted octanol–water partition coefficient (Wildman–Crippen LogP) is 2.47. The number of hydrogen-bond acceptors (Lipinski definition) is 5. The van der Waals surface area contributed by atoms with Crippen LogP contribution in [0.1, 0.15) is 16.8 Å². The Kier molecular flexibility index (Phi) is 6.35. The summed E-state index contributed by atoms with van der Waals surface area (Å²) in [6.45, 7) is 0.461. The first kappa shape index (κ1) is 21.7. The predicted molar refractivity (Wildman–Crippen MR) is 105 cm³/mol. The third-order valence-corrected chi connectivity index (χ3v) is 6.25. The maximum Gasteiger partial charge on any atom is 0.341 e. The van der Waals surface area contributed by atoms with Gasteiger partial charge >= 0.3 is 5.76 Å². The summed E-state index contributed by atoms with van der Waals surface area (Å²) in [4.78, 5) is 25.7. The second-order valence-corrected chi connectivity index (χ2v) is 8.67. The van der Waals surface area contributed by atoms with Crippen molar-refractivity contribution in [2.24, 2.45) is 5.92 Å². The maximum atomic E-state index is 12.9. The summed E-state index contributed by atoms with van der Waals surface area (Å²) >= 11 is 0. The van der Waals surface area contributed by atoms with Gasteiger partial charge in [-0.2, -0.15) is 8.78 Å². The maximum absolute atomic E-state index is 12.9. The van der Waals surface area contributed by atoms with Crippen molar-refractivity contribution in [3.8, 4) is 5.75 Å². The number of anilines is 1. The number of nitrogens with zero attached hydrogens (tertiary/aromatic N) is 1. The highest BCUT2D eigenvalue weighted by atomic mass is 32.2. The normalized spacial score (nSPS) is 16.7. The van der Waals surface area contributed by atoms with E-state index in [1.54, 1.807) is 36.3 Å². The highest BCUT2D eigenvalue weighted by molar-refractivity contribution is 7.91. The van der Waals surface area contributed by atoms with Gasteiger partial charge in [0.2, 0.25) is 15.7 Å². The van der Waals surface area contributed by atoms with E-state index in [9.17, 15) is 26.8 Å². The number of ether oxygens (including phenoxy) is 1. The number of sulfone groups is 1. The lowest BCUT2D eigenvalue weighted by molar-refractivity contribution is -0.117. The molecule has 0 saturated carbocycles. The van der Waals surface area contributed by atoms with Gasteiger partial charge in [-0.1, -0.05) is 12.1 Å². The Hall–Kier alpha value is -3.01. The first-order valence-corrected chi connectivity index (χ1v) is 10.6. The van der Waals surface area contributed by atoms with Gasteiger partial charge in [0.25, 0.3) is 5.91 Å². The summed E-state index contributed by atoms with van der Waals surface area (Å²) in [6.07, 6.45) is 0.198. The standard InChI is InChI=1S/C20H20F2N2O5S/c1-29-15-8-6-14(7-9-15)24-12-13(10-18(24)25)11-23-19(26)16-4-2-3-5-17(16)30(27,28)20(21)22/h2-9,13,20H,10-12H2,1H3,(H,23,26). The Morgan fingerprint density at radius 2 is 1.87 bits per heavy atom. The van der Waals surface area contributed by atoms with E-state index >= 15 is 0 Å². The van der Waals surface area contributed by atoms with Crippen LogP contribution < -0.4 is 15.0 Å². The van der Waals surface area contributed by atoms with Crippen molar-refractivity contribution in [3.63, 3.8) is 0 Å². The second kappa shape index (κ2) is 8.78. The molecule has 0 spiro atoms. The fourth-order valence-corrected chi connectivity index (χ4v) is 4.19. The van der Waals surface area contributed by atoms with Crippen molar-refractivity contribution >= 4 is 27.3 Å². The highest BCUT2D eigenvalue weighted by Gasteiger charge is 2.33. The summed E-state index contributed by atoms with van der Waals surface area (Å²) in [5.41, 5.74) is 0.345. The van der Waals surface area contributed by atoms with Gasteiger partial charge in [-0.15, -0.1) is 0 Å². The van der Waals surface area contributed by atoms with Crippen LogP contribution in [-0.2, 0) is 14.6 Å². The molecule has 7 nitrogen and oxygen atoms in total. The van der Waals surface area contributed by atoms with Crippen molar-refractivity contribution in [1.82, 2.24) is 5.32 Å². The Labute approximate surface area is 172 Å². The molecule has 30 heavy (non-hydrogen) atoms. The summed E-state index contributed by atoms with van der Waals surface area (Å²) in [5.74, 6) is -4.07. The van der Waals surface area contributed by atoms with Gasteiger partial charge in [-0.05, 0) is 36.4 Å². The van der Waals surface area contributed by atoms with Crippen LogP contribution in [0.25, 0.3) is 0 Å². The minimum absolute atomic E-state index is 0.0975. The molecule has 1 N–H and O–H groups in total. The summed E-state index contributed by atoms with van der Waals surface area (Å²) in [7, 11) is -3.37. The molecule has 3 rings (SSSR count). The highest BCUT2D eigenvalue weighted by Crippen LogP contribution is 2.27. The molecule has 1 saturated heterocycles. The molecule has 1 unspecified atom stereocenters. The minimum Gasteiger partial charge on any atom is -0.497 e. The average molecular weight is 438 g/mol. The number of rotatable bonds is 7. The van der Waals surface area contributed by atoms with Crippen LogP contribution in [0.5, 0.6) is 5.75 Å². The van der Waals surface area contributed by atoms with Crippen LogP contribution in [-0.4, -0.2) is 46.2 Å². The molecule has 1 fully saturated rings. The summed E-state index contributed by atoms with van der Waals surface area (Å²) < 4.78 is 54.5. The fraction of sp³-hybridized carbons (Fsp3) is 0.300. The molecular weight excluding hydrogens is 418 g/mol. The van der Waals surface area contributed by atoms with E-state index in [0.29, 0.717) is 18.0 Å². The van der Waals surface area contributed by atoms with Crippen molar-refractivity contribution in [3.05, 3.63) is 54.1 Å². The van der Waals surface area contributed by atoms with E-state index in [-0.39, 0.29) is 30.4 Å². The zero-order valence-electron chi connectivity index (χ0n) is 16.0. The van der Waals surface area contributed by atoms with Crippen LogP contribution >= 0.6 is 0 Å². The Morgan fingerprint density at radius 3 is 2.50 bits per heavy atom. The molecule has 0 aromatic heterocycles. The largest absolute Gasteiger partial charge is 0.497 e. The minimum atomic E-state index is -4.92. The number of benzene rings is 2. The Bertz CT molecular complexity index is 1040. The molecular formula is C20H20F2N2O5S. The van der Waals surface area contributed by atoms with Crippen LogP contribution in [0.15, 0.2) is 53.4 Å². The van der Waals surface area contributed by atoms with E-state index in [0.717, 1.165) is 6.07 Å². The van der Waals surface area contributed by atoms with E-state index < -0.39 is 26.4 Å². The zero-order valence-corrected chi connectivity index (χ0v) is 16.9. The lowest BCUT2D eigenvalue weighted by atomic mass is 10.1. The van der Waals surface area contributed by atoms with Crippen molar-refractivity contribution in [1.29, 1.82) is 0 Å². The molecule has 2 amide bonds. The Morgan fingerprint density at radius 1 is 1.20 bits per heavy atom. The fourth-order valence-electron chi connectivity index (χ4n) is 3.26. The lowest BCUT2D eigenvalue weighted by Gasteiger charge is -2.17. The van der Waals surface area contributed by atoms with E-state index in [1.807, 2.05) is 0 Å². The monoisotopic (exact) mass is 438 g/mol. The third-order valence-electron chi connectivity index (χ3n) is 4.81. The smallest absolute Gasteiger partial charge is 0.341 e. The number of halogens is 2. The summed E-state index contributed by atoms with van der Waals surface area (Å²) in [5, 5.41) is 2.56. The first-order valence-electron chi connectivity index (χ1n) is 9.07. The topological polar surface area (TPSA) is 92.8 Å². The van der Waals surface area contributed by atoms with Gasteiger partial charge in [0, 0.05) is 31.1 Å². The quantitative estimate of drug-likeness (QED) is 0.717. The molecule has 1 heterocycles. The second-order valence-electron chi connectivity index (χ2n) is 6.78. The number of alkyl halides is 2. The van der Waals surface area contributed by atoms with Crippen molar-refractivity contribution in [2.45, 2.75) is 17.1 Å². The molecule has 2 aromatic rings. The third kappa shape index (κ3) is 4.43.